The maximum Gasteiger partial charge on any atom is 0.242 e. The van der Waals surface area contributed by atoms with Gasteiger partial charge in [0.15, 0.2) is 11.5 Å². The highest BCUT2D eigenvalue weighted by atomic mass is 32.1. The number of rotatable bonds is 8. The Bertz CT molecular complexity index is 906. The molecule has 0 radical (unpaired) electrons. The Kier molecular flexibility index (Phi) is 4.91. The largest absolute Gasteiger partial charge is 0.454 e. The van der Waals surface area contributed by atoms with E-state index in [2.05, 4.69) is 0 Å². The fraction of sp³-hybridized carbons (Fsp3) is 0.455. The van der Waals surface area contributed by atoms with Gasteiger partial charge in [0.2, 0.25) is 18.6 Å². The van der Waals surface area contributed by atoms with Crippen LogP contribution in [0.1, 0.15) is 36.1 Å². The molecule has 0 saturated heterocycles. The van der Waals surface area contributed by atoms with Crippen molar-refractivity contribution in [2.24, 2.45) is 5.92 Å². The Balaban J connectivity index is 1.33. The van der Waals surface area contributed by atoms with E-state index in [1.54, 1.807) is 11.3 Å². The molecule has 6 nitrogen and oxygen atoms in total. The summed E-state index contributed by atoms with van der Waals surface area (Å²) in [6.45, 7) is 1.43. The summed E-state index contributed by atoms with van der Waals surface area (Å²) in [5, 5.41) is 2.02. The van der Waals surface area contributed by atoms with Crippen LogP contribution in [0.25, 0.3) is 0 Å². The van der Waals surface area contributed by atoms with E-state index in [0.717, 1.165) is 47.6 Å². The molecule has 2 fully saturated rings. The topological polar surface area (TPSA) is 59.1 Å². The number of carbonyl (C=O) groups excluding carboxylic acids is 2. The molecule has 0 atom stereocenters. The molecule has 0 spiro atoms. The van der Waals surface area contributed by atoms with Gasteiger partial charge in [-0.1, -0.05) is 12.1 Å². The first-order valence-electron chi connectivity index (χ1n) is 10.2. The molecule has 2 saturated carbocycles. The summed E-state index contributed by atoms with van der Waals surface area (Å²) in [6, 6.07) is 10.1. The molecule has 2 aromatic rings. The maximum atomic E-state index is 13.3. The van der Waals surface area contributed by atoms with Crippen LogP contribution < -0.4 is 9.47 Å². The standard InChI is InChI=1S/C22H24N2O4S/c25-21(13-24(17-6-7-17)22(26)16-4-5-16)23(12-18-2-1-9-29-18)11-15-3-8-19-20(10-15)28-14-27-19/h1-3,8-10,16-17H,4-7,11-14H2. The van der Waals surface area contributed by atoms with E-state index in [-0.39, 0.29) is 37.1 Å². The molecule has 0 N–H and O–H groups in total. The van der Waals surface area contributed by atoms with Gasteiger partial charge in [-0.15, -0.1) is 11.3 Å². The van der Waals surface area contributed by atoms with Gasteiger partial charge < -0.3 is 19.3 Å². The summed E-state index contributed by atoms with van der Waals surface area (Å²) in [4.78, 5) is 30.8. The molecule has 3 aliphatic rings. The lowest BCUT2D eigenvalue weighted by molar-refractivity contribution is -0.142. The van der Waals surface area contributed by atoms with Crippen molar-refractivity contribution in [2.45, 2.75) is 44.8 Å². The average molecular weight is 413 g/mol. The van der Waals surface area contributed by atoms with Crippen molar-refractivity contribution in [3.05, 3.63) is 46.2 Å². The number of hydrogen-bond donors (Lipinski definition) is 0. The maximum absolute atomic E-state index is 13.3. The van der Waals surface area contributed by atoms with Crippen LogP contribution in [0.5, 0.6) is 11.5 Å². The van der Waals surface area contributed by atoms with E-state index >= 15 is 0 Å². The van der Waals surface area contributed by atoms with Crippen molar-refractivity contribution in [1.29, 1.82) is 0 Å². The number of thiophene rings is 1. The van der Waals surface area contributed by atoms with Crippen molar-refractivity contribution in [3.63, 3.8) is 0 Å². The molecule has 5 rings (SSSR count). The van der Waals surface area contributed by atoms with Gasteiger partial charge in [-0.05, 0) is 54.8 Å². The molecule has 2 heterocycles. The van der Waals surface area contributed by atoms with E-state index in [1.165, 1.54) is 0 Å². The fourth-order valence-corrected chi connectivity index (χ4v) is 4.39. The SMILES string of the molecule is O=C(CN(C(=O)C1CC1)C1CC1)N(Cc1ccc2c(c1)OCO2)Cc1cccs1. The normalized spacial score (nSPS) is 17.2. The Morgan fingerprint density at radius 3 is 2.59 bits per heavy atom. The van der Waals surface area contributed by atoms with E-state index in [0.29, 0.717) is 13.1 Å². The predicted octanol–water partition coefficient (Wildman–Crippen LogP) is 3.41. The molecular weight excluding hydrogens is 388 g/mol. The first-order valence-corrected chi connectivity index (χ1v) is 11.0. The second-order valence-electron chi connectivity index (χ2n) is 7.99. The molecule has 1 aromatic heterocycles. The lowest BCUT2D eigenvalue weighted by atomic mass is 10.2. The minimum atomic E-state index is -0.00281. The highest BCUT2D eigenvalue weighted by Gasteiger charge is 2.41. The summed E-state index contributed by atoms with van der Waals surface area (Å²) in [5.41, 5.74) is 0.991. The van der Waals surface area contributed by atoms with Gasteiger partial charge in [0.05, 0.1) is 6.54 Å². The summed E-state index contributed by atoms with van der Waals surface area (Å²) < 4.78 is 10.9. The Morgan fingerprint density at radius 1 is 1.03 bits per heavy atom. The lowest BCUT2D eigenvalue weighted by Crippen LogP contribution is -2.44. The Morgan fingerprint density at radius 2 is 1.86 bits per heavy atom. The third-order valence-corrected chi connectivity index (χ3v) is 6.45. The lowest BCUT2D eigenvalue weighted by Gasteiger charge is -2.28. The number of ether oxygens (including phenoxy) is 2. The highest BCUT2D eigenvalue weighted by molar-refractivity contribution is 7.09. The molecular formula is C22H24N2O4S. The molecule has 7 heteroatoms. The van der Waals surface area contributed by atoms with Crippen LogP contribution in [-0.4, -0.2) is 41.0 Å². The molecule has 1 aromatic carbocycles. The zero-order valence-corrected chi connectivity index (χ0v) is 17.0. The van der Waals surface area contributed by atoms with E-state index in [4.69, 9.17) is 9.47 Å². The van der Waals surface area contributed by atoms with Crippen LogP contribution in [-0.2, 0) is 22.7 Å². The number of fused-ring (bicyclic) bond motifs is 1. The number of nitrogens with zero attached hydrogens (tertiary/aromatic N) is 2. The van der Waals surface area contributed by atoms with Gasteiger partial charge in [0.1, 0.15) is 6.54 Å². The average Bonchev–Trinajstić information content (AvgIpc) is 3.65. The monoisotopic (exact) mass is 412 g/mol. The van der Waals surface area contributed by atoms with Crippen LogP contribution in [0.15, 0.2) is 35.7 Å². The third kappa shape index (κ3) is 4.24. The zero-order chi connectivity index (χ0) is 19.8. The van der Waals surface area contributed by atoms with Crippen LogP contribution in [0, 0.1) is 5.92 Å². The van der Waals surface area contributed by atoms with Crippen LogP contribution >= 0.6 is 11.3 Å². The number of hydrogen-bond acceptors (Lipinski definition) is 5. The number of carbonyl (C=O) groups is 2. The van der Waals surface area contributed by atoms with Gasteiger partial charge in [0, 0.05) is 23.4 Å². The van der Waals surface area contributed by atoms with Crippen molar-refractivity contribution in [1.82, 2.24) is 9.80 Å². The molecule has 2 aliphatic carbocycles. The third-order valence-electron chi connectivity index (χ3n) is 5.59. The van der Waals surface area contributed by atoms with Gasteiger partial charge >= 0.3 is 0 Å². The fourth-order valence-electron chi connectivity index (χ4n) is 3.67. The zero-order valence-electron chi connectivity index (χ0n) is 16.2. The van der Waals surface area contributed by atoms with Gasteiger partial charge in [-0.2, -0.15) is 0 Å². The smallest absolute Gasteiger partial charge is 0.242 e. The summed E-state index contributed by atoms with van der Waals surface area (Å²) in [7, 11) is 0. The van der Waals surface area contributed by atoms with Crippen molar-refractivity contribution in [2.75, 3.05) is 13.3 Å². The number of amides is 2. The predicted molar refractivity (Wildman–Crippen MR) is 109 cm³/mol. The van der Waals surface area contributed by atoms with E-state index in [9.17, 15) is 9.59 Å². The van der Waals surface area contributed by atoms with Gasteiger partial charge in [0.25, 0.3) is 0 Å². The molecule has 1 aliphatic heterocycles. The quantitative estimate of drug-likeness (QED) is 0.667. The second-order valence-corrected chi connectivity index (χ2v) is 9.02. The van der Waals surface area contributed by atoms with Gasteiger partial charge in [-0.3, -0.25) is 9.59 Å². The summed E-state index contributed by atoms with van der Waals surface area (Å²) >= 11 is 1.64. The van der Waals surface area contributed by atoms with E-state index < -0.39 is 0 Å². The summed E-state index contributed by atoms with van der Waals surface area (Å²) in [6.07, 6.45) is 3.95. The molecule has 29 heavy (non-hydrogen) atoms. The molecule has 2 amide bonds. The number of benzene rings is 1. The molecule has 0 unspecified atom stereocenters. The summed E-state index contributed by atoms with van der Waals surface area (Å²) in [5.74, 6) is 1.76. The minimum absolute atomic E-state index is 0.00281. The second kappa shape index (κ2) is 7.71. The van der Waals surface area contributed by atoms with Crippen LogP contribution in [0.4, 0.5) is 0 Å². The Labute approximate surface area is 174 Å². The highest BCUT2D eigenvalue weighted by Crippen LogP contribution is 2.36. The molecule has 0 bridgehead atoms. The van der Waals surface area contributed by atoms with E-state index in [1.807, 2.05) is 45.5 Å². The first kappa shape index (κ1) is 18.5. The van der Waals surface area contributed by atoms with Crippen molar-refractivity contribution in [3.8, 4) is 11.5 Å². The van der Waals surface area contributed by atoms with Crippen molar-refractivity contribution >= 4 is 23.2 Å². The van der Waals surface area contributed by atoms with Crippen LogP contribution in [0.2, 0.25) is 0 Å². The van der Waals surface area contributed by atoms with Crippen molar-refractivity contribution < 1.29 is 19.1 Å². The Hall–Kier alpha value is -2.54. The van der Waals surface area contributed by atoms with Gasteiger partial charge in [-0.25, -0.2) is 0 Å². The first-order chi connectivity index (χ1) is 14.2. The minimum Gasteiger partial charge on any atom is -0.454 e. The molecule has 152 valence electrons. The van der Waals surface area contributed by atoms with Crippen LogP contribution in [0.3, 0.4) is 0 Å².